The van der Waals surface area contributed by atoms with Crippen LogP contribution in [-0.4, -0.2) is 0 Å². The minimum absolute atomic E-state index is 0.549. The van der Waals surface area contributed by atoms with Crippen LogP contribution < -0.4 is 0 Å². The van der Waals surface area contributed by atoms with Gasteiger partial charge in [-0.1, -0.05) is 135 Å². The van der Waals surface area contributed by atoms with Crippen LogP contribution in [0.4, 0.5) is 0 Å². The fourth-order valence-corrected chi connectivity index (χ4v) is 3.61. The Kier molecular flexibility index (Phi) is 8.29. The highest BCUT2D eigenvalue weighted by atomic mass is 14.2. The molecule has 0 aliphatic carbocycles. The third kappa shape index (κ3) is 6.76. The van der Waals surface area contributed by atoms with E-state index in [-0.39, 0.29) is 0 Å². The van der Waals surface area contributed by atoms with Gasteiger partial charge in [0.2, 0.25) is 0 Å². The second-order valence-electron chi connectivity index (χ2n) is 7.31. The summed E-state index contributed by atoms with van der Waals surface area (Å²) < 4.78 is 0. The van der Waals surface area contributed by atoms with Crippen LogP contribution in [0.2, 0.25) is 0 Å². The van der Waals surface area contributed by atoms with Gasteiger partial charge in [-0.3, -0.25) is 0 Å². The molecule has 0 fully saturated rings. The fourth-order valence-electron chi connectivity index (χ4n) is 3.61. The maximum Gasteiger partial charge on any atom is 0.00892 e. The molecule has 0 saturated carbocycles. The van der Waals surface area contributed by atoms with Gasteiger partial charge in [0.25, 0.3) is 0 Å². The molecule has 4 rings (SSSR count). The van der Waals surface area contributed by atoms with Crippen LogP contribution in [-0.2, 0) is 6.42 Å². The topological polar surface area (TPSA) is 0 Å². The van der Waals surface area contributed by atoms with Crippen LogP contribution >= 0.6 is 0 Å². The van der Waals surface area contributed by atoms with Gasteiger partial charge in [0.05, 0.1) is 0 Å². The summed E-state index contributed by atoms with van der Waals surface area (Å²) in [7, 11) is 0. The molecular weight excluding hydrogens is 348 g/mol. The third-order valence-electron chi connectivity index (χ3n) is 5.08. The van der Waals surface area contributed by atoms with Crippen molar-refractivity contribution in [1.29, 1.82) is 0 Å². The van der Waals surface area contributed by atoms with Crippen LogP contribution in [0.15, 0.2) is 121 Å². The number of hydrogen-bond donors (Lipinski definition) is 0. The Balaban J connectivity index is 0.000000169. The van der Waals surface area contributed by atoms with Gasteiger partial charge in [0.15, 0.2) is 0 Å². The summed E-state index contributed by atoms with van der Waals surface area (Å²) in [6.45, 7) is 2.25. The highest BCUT2D eigenvalue weighted by Crippen LogP contribution is 2.28. The Bertz CT molecular complexity index is 836. The van der Waals surface area contributed by atoms with E-state index >= 15 is 0 Å². The van der Waals surface area contributed by atoms with Crippen molar-refractivity contribution in [3.8, 4) is 0 Å². The quantitative estimate of drug-likeness (QED) is 0.320. The van der Waals surface area contributed by atoms with E-state index in [9.17, 15) is 0 Å². The molecule has 0 radical (unpaired) electrons. The molecule has 0 aliphatic rings. The molecule has 146 valence electrons. The SMILES string of the molecule is CCCC(c1ccccc1)c1ccccc1.c1ccc(Cc2ccccc2)cc1. The van der Waals surface area contributed by atoms with Crippen LogP contribution in [0, 0.1) is 0 Å². The van der Waals surface area contributed by atoms with Gasteiger partial charge in [0, 0.05) is 5.92 Å². The predicted molar refractivity (Wildman–Crippen MR) is 125 cm³/mol. The van der Waals surface area contributed by atoms with E-state index in [2.05, 4.69) is 128 Å². The molecular formula is C29H30. The lowest BCUT2D eigenvalue weighted by molar-refractivity contribution is 0.698. The Labute approximate surface area is 175 Å². The van der Waals surface area contributed by atoms with Gasteiger partial charge in [-0.2, -0.15) is 0 Å². The average Bonchev–Trinajstić information content (AvgIpc) is 2.80. The molecule has 0 aliphatic heterocycles. The zero-order chi connectivity index (χ0) is 20.2. The van der Waals surface area contributed by atoms with Crippen LogP contribution in [0.1, 0.15) is 47.9 Å². The maximum absolute atomic E-state index is 2.25. The Morgan fingerprint density at radius 2 is 0.828 bits per heavy atom. The molecule has 4 aromatic carbocycles. The molecule has 0 N–H and O–H groups in total. The van der Waals surface area contributed by atoms with Gasteiger partial charge < -0.3 is 0 Å². The second kappa shape index (κ2) is 11.7. The van der Waals surface area contributed by atoms with Gasteiger partial charge in [-0.25, -0.2) is 0 Å². The molecule has 29 heavy (non-hydrogen) atoms. The number of rotatable bonds is 6. The van der Waals surface area contributed by atoms with Crippen molar-refractivity contribution in [2.24, 2.45) is 0 Å². The van der Waals surface area contributed by atoms with Crippen molar-refractivity contribution in [2.45, 2.75) is 32.1 Å². The largest absolute Gasteiger partial charge is 0.0653 e. The predicted octanol–water partition coefficient (Wildman–Crippen LogP) is 7.90. The van der Waals surface area contributed by atoms with E-state index in [4.69, 9.17) is 0 Å². The van der Waals surface area contributed by atoms with Gasteiger partial charge in [-0.15, -0.1) is 0 Å². The molecule has 0 heterocycles. The molecule has 0 bridgehead atoms. The van der Waals surface area contributed by atoms with Gasteiger partial charge >= 0.3 is 0 Å². The first-order valence-electron chi connectivity index (χ1n) is 10.5. The minimum atomic E-state index is 0.549. The highest BCUT2D eigenvalue weighted by molar-refractivity contribution is 5.32. The van der Waals surface area contributed by atoms with Gasteiger partial charge in [-0.05, 0) is 35.1 Å². The molecule has 0 amide bonds. The monoisotopic (exact) mass is 378 g/mol. The minimum Gasteiger partial charge on any atom is -0.0653 e. The number of benzene rings is 4. The van der Waals surface area contributed by atoms with E-state index in [1.165, 1.54) is 35.1 Å². The fraction of sp³-hybridized carbons (Fsp3) is 0.172. The molecule has 0 aromatic heterocycles. The summed E-state index contributed by atoms with van der Waals surface area (Å²) in [6, 6.07) is 42.6. The lowest BCUT2D eigenvalue weighted by atomic mass is 9.88. The Morgan fingerprint density at radius 3 is 1.17 bits per heavy atom. The third-order valence-corrected chi connectivity index (χ3v) is 5.08. The van der Waals surface area contributed by atoms with E-state index in [0.717, 1.165) is 6.42 Å². The Hall–Kier alpha value is -3.12. The van der Waals surface area contributed by atoms with Crippen molar-refractivity contribution in [2.75, 3.05) is 0 Å². The van der Waals surface area contributed by atoms with Crippen LogP contribution in [0.3, 0.4) is 0 Å². The van der Waals surface area contributed by atoms with Crippen molar-refractivity contribution >= 4 is 0 Å². The van der Waals surface area contributed by atoms with Crippen molar-refractivity contribution < 1.29 is 0 Å². The molecule has 0 nitrogen and oxygen atoms in total. The first-order chi connectivity index (χ1) is 14.4. The molecule has 0 unspecified atom stereocenters. The first-order valence-corrected chi connectivity index (χ1v) is 10.5. The lowest BCUT2D eigenvalue weighted by Crippen LogP contribution is -2.00. The first kappa shape index (κ1) is 20.6. The molecule has 0 saturated heterocycles. The Morgan fingerprint density at radius 1 is 0.483 bits per heavy atom. The van der Waals surface area contributed by atoms with Crippen LogP contribution in [0.25, 0.3) is 0 Å². The van der Waals surface area contributed by atoms with Crippen molar-refractivity contribution in [1.82, 2.24) is 0 Å². The summed E-state index contributed by atoms with van der Waals surface area (Å²) >= 11 is 0. The normalized spacial score (nSPS) is 10.3. The van der Waals surface area contributed by atoms with E-state index in [0.29, 0.717) is 5.92 Å². The number of hydrogen-bond acceptors (Lipinski definition) is 0. The zero-order valence-corrected chi connectivity index (χ0v) is 17.2. The smallest absolute Gasteiger partial charge is 0.00892 e. The second-order valence-corrected chi connectivity index (χ2v) is 7.31. The standard InChI is InChI=1S/C16H18.C13H12/c1-2-9-16(14-10-5-3-6-11-14)15-12-7-4-8-13-15;1-3-7-12(8-4-1)11-13-9-5-2-6-10-13/h3-8,10-13,16H,2,9H2,1H3;1-10H,11H2. The van der Waals surface area contributed by atoms with Gasteiger partial charge in [0.1, 0.15) is 0 Å². The van der Waals surface area contributed by atoms with Crippen LogP contribution in [0.5, 0.6) is 0 Å². The summed E-state index contributed by atoms with van der Waals surface area (Å²) in [5.41, 5.74) is 5.59. The van der Waals surface area contributed by atoms with E-state index in [1.54, 1.807) is 0 Å². The summed E-state index contributed by atoms with van der Waals surface area (Å²) in [5, 5.41) is 0. The molecule has 0 spiro atoms. The molecule has 0 atom stereocenters. The summed E-state index contributed by atoms with van der Waals surface area (Å²) in [4.78, 5) is 0. The van der Waals surface area contributed by atoms with Crippen molar-refractivity contribution in [3.05, 3.63) is 144 Å². The highest BCUT2D eigenvalue weighted by Gasteiger charge is 2.11. The maximum atomic E-state index is 2.25. The lowest BCUT2D eigenvalue weighted by Gasteiger charge is -2.17. The molecule has 4 aromatic rings. The summed E-state index contributed by atoms with van der Waals surface area (Å²) in [5.74, 6) is 0.549. The molecule has 0 heteroatoms. The van der Waals surface area contributed by atoms with Crippen molar-refractivity contribution in [3.63, 3.8) is 0 Å². The van der Waals surface area contributed by atoms with E-state index in [1.807, 2.05) is 0 Å². The zero-order valence-electron chi connectivity index (χ0n) is 17.2. The van der Waals surface area contributed by atoms with E-state index < -0.39 is 0 Å². The summed E-state index contributed by atoms with van der Waals surface area (Å²) in [6.07, 6.45) is 3.46. The average molecular weight is 379 g/mol.